The summed E-state index contributed by atoms with van der Waals surface area (Å²) in [6, 6.07) is 11.5. The molecule has 166 valence electrons. The smallest absolute Gasteiger partial charge is 0.246 e. The molecule has 3 aromatic heterocycles. The second kappa shape index (κ2) is 8.74. The van der Waals surface area contributed by atoms with Gasteiger partial charge in [0.15, 0.2) is 17.1 Å². The van der Waals surface area contributed by atoms with Crippen LogP contribution in [0.3, 0.4) is 0 Å². The third-order valence-corrected chi connectivity index (χ3v) is 5.78. The maximum Gasteiger partial charge on any atom is 0.246 e. The van der Waals surface area contributed by atoms with Crippen LogP contribution in [0.15, 0.2) is 61.1 Å². The second-order valence-electron chi connectivity index (χ2n) is 7.70. The van der Waals surface area contributed by atoms with Gasteiger partial charge in [0, 0.05) is 43.3 Å². The number of hydrogen-bond donors (Lipinski definition) is 0. The summed E-state index contributed by atoms with van der Waals surface area (Å²) in [7, 11) is 3.24. The maximum atomic E-state index is 13.1. The van der Waals surface area contributed by atoms with E-state index >= 15 is 0 Å². The lowest BCUT2D eigenvalue weighted by atomic mass is 9.98. The van der Waals surface area contributed by atoms with Crippen molar-refractivity contribution >= 4 is 17.6 Å². The van der Waals surface area contributed by atoms with E-state index in [2.05, 4.69) is 10.1 Å². The SMILES string of the molecule is COc1cc2c(cc1OC)CN(C(=O)/C=C/c1c(-c3cccnc3)nc3cccnn13)CC2. The van der Waals surface area contributed by atoms with Gasteiger partial charge in [-0.3, -0.25) is 9.78 Å². The average molecular weight is 441 g/mol. The van der Waals surface area contributed by atoms with Crippen LogP contribution in [0, 0.1) is 0 Å². The van der Waals surface area contributed by atoms with Gasteiger partial charge in [-0.05, 0) is 60.0 Å². The highest BCUT2D eigenvalue weighted by Gasteiger charge is 2.22. The van der Waals surface area contributed by atoms with Crippen molar-refractivity contribution < 1.29 is 14.3 Å². The number of carbonyl (C=O) groups is 1. The van der Waals surface area contributed by atoms with Gasteiger partial charge in [-0.1, -0.05) is 0 Å². The summed E-state index contributed by atoms with van der Waals surface area (Å²) in [4.78, 5) is 23.8. The molecule has 0 saturated heterocycles. The van der Waals surface area contributed by atoms with E-state index < -0.39 is 0 Å². The molecule has 0 spiro atoms. The fourth-order valence-electron chi connectivity index (χ4n) is 4.10. The Hall–Kier alpha value is -4.20. The topological polar surface area (TPSA) is 81.9 Å². The van der Waals surface area contributed by atoms with Crippen LogP contribution in [0.1, 0.15) is 16.8 Å². The third kappa shape index (κ3) is 3.91. The molecule has 1 aliphatic rings. The summed E-state index contributed by atoms with van der Waals surface area (Å²) in [6.45, 7) is 1.15. The molecule has 0 aliphatic carbocycles. The molecule has 8 nitrogen and oxygen atoms in total. The van der Waals surface area contributed by atoms with Gasteiger partial charge in [-0.25, -0.2) is 9.50 Å². The Labute approximate surface area is 191 Å². The van der Waals surface area contributed by atoms with Gasteiger partial charge in [-0.15, -0.1) is 0 Å². The minimum absolute atomic E-state index is 0.0709. The van der Waals surface area contributed by atoms with Gasteiger partial charge in [0.1, 0.15) is 5.69 Å². The van der Waals surface area contributed by atoms with Crippen molar-refractivity contribution in [2.75, 3.05) is 20.8 Å². The molecule has 0 saturated carbocycles. The Kier molecular flexibility index (Phi) is 5.48. The molecule has 4 heterocycles. The number of rotatable bonds is 5. The zero-order valence-electron chi connectivity index (χ0n) is 18.4. The lowest BCUT2D eigenvalue weighted by molar-refractivity contribution is -0.126. The predicted octanol–water partition coefficient (Wildman–Crippen LogP) is 3.41. The minimum atomic E-state index is -0.0709. The van der Waals surface area contributed by atoms with Crippen LogP contribution < -0.4 is 9.47 Å². The van der Waals surface area contributed by atoms with E-state index in [0.29, 0.717) is 30.2 Å². The fraction of sp³-hybridized carbons (Fsp3) is 0.200. The lowest BCUT2D eigenvalue weighted by Gasteiger charge is -2.28. The van der Waals surface area contributed by atoms with Crippen LogP contribution in [0.2, 0.25) is 0 Å². The van der Waals surface area contributed by atoms with Crippen molar-refractivity contribution in [2.24, 2.45) is 0 Å². The molecule has 1 aromatic carbocycles. The molecule has 0 unspecified atom stereocenters. The number of aromatic nitrogens is 4. The highest BCUT2D eigenvalue weighted by molar-refractivity contribution is 5.93. The number of methoxy groups -OCH3 is 2. The summed E-state index contributed by atoms with van der Waals surface area (Å²) < 4.78 is 12.6. The van der Waals surface area contributed by atoms with Crippen LogP contribution in [0.25, 0.3) is 23.0 Å². The molecule has 0 N–H and O–H groups in total. The summed E-state index contributed by atoms with van der Waals surface area (Å²) in [6.07, 6.45) is 9.29. The first-order valence-electron chi connectivity index (χ1n) is 10.6. The number of imidazole rings is 1. The van der Waals surface area contributed by atoms with E-state index in [1.54, 1.807) is 49.5 Å². The van der Waals surface area contributed by atoms with Gasteiger partial charge >= 0.3 is 0 Å². The highest BCUT2D eigenvalue weighted by Crippen LogP contribution is 2.33. The molecular formula is C25H23N5O3. The summed E-state index contributed by atoms with van der Waals surface area (Å²) in [5.41, 5.74) is 5.26. The van der Waals surface area contributed by atoms with E-state index in [1.807, 2.05) is 41.3 Å². The van der Waals surface area contributed by atoms with E-state index in [4.69, 9.17) is 14.5 Å². The number of nitrogens with zero attached hydrogens (tertiary/aromatic N) is 5. The fourth-order valence-corrected chi connectivity index (χ4v) is 4.10. The monoisotopic (exact) mass is 441 g/mol. The van der Waals surface area contributed by atoms with Crippen molar-refractivity contribution in [2.45, 2.75) is 13.0 Å². The highest BCUT2D eigenvalue weighted by atomic mass is 16.5. The first-order chi connectivity index (χ1) is 16.2. The van der Waals surface area contributed by atoms with Crippen molar-refractivity contribution in [3.8, 4) is 22.8 Å². The van der Waals surface area contributed by atoms with Gasteiger partial charge in [0.05, 0.1) is 19.9 Å². The Morgan fingerprint density at radius 3 is 2.61 bits per heavy atom. The number of benzene rings is 1. The number of fused-ring (bicyclic) bond motifs is 2. The normalized spacial score (nSPS) is 13.3. The van der Waals surface area contributed by atoms with E-state index in [1.165, 1.54) is 5.56 Å². The average Bonchev–Trinajstić information content (AvgIpc) is 3.25. The zero-order chi connectivity index (χ0) is 22.8. The number of carbonyl (C=O) groups excluding carboxylic acids is 1. The number of hydrogen-bond acceptors (Lipinski definition) is 6. The Balaban J connectivity index is 1.43. The first kappa shape index (κ1) is 20.7. The number of ether oxygens (including phenoxy) is 2. The Morgan fingerprint density at radius 2 is 1.85 bits per heavy atom. The predicted molar refractivity (Wildman–Crippen MR) is 124 cm³/mol. The molecule has 5 rings (SSSR count). The summed E-state index contributed by atoms with van der Waals surface area (Å²) in [5.74, 6) is 1.30. The van der Waals surface area contributed by atoms with Gasteiger partial charge < -0.3 is 14.4 Å². The van der Waals surface area contributed by atoms with Gasteiger partial charge in [0.25, 0.3) is 0 Å². The summed E-state index contributed by atoms with van der Waals surface area (Å²) in [5, 5.41) is 4.41. The molecule has 0 radical (unpaired) electrons. The Morgan fingerprint density at radius 1 is 1.06 bits per heavy atom. The standard InChI is InChI=1S/C25H23N5O3/c1-32-21-13-17-9-12-29(16-19(17)14-22(21)33-2)24(31)8-7-20-25(18-5-3-10-26-15-18)28-23-6-4-11-27-30(20)23/h3-8,10-11,13-15H,9,12,16H2,1-2H3/b8-7+. The van der Waals surface area contributed by atoms with Crippen molar-refractivity contribution in [1.29, 1.82) is 0 Å². The third-order valence-electron chi connectivity index (χ3n) is 5.78. The minimum Gasteiger partial charge on any atom is -0.493 e. The zero-order valence-corrected chi connectivity index (χ0v) is 18.4. The molecular weight excluding hydrogens is 418 g/mol. The molecule has 1 amide bonds. The van der Waals surface area contributed by atoms with E-state index in [-0.39, 0.29) is 5.91 Å². The maximum absolute atomic E-state index is 13.1. The lowest BCUT2D eigenvalue weighted by Crippen LogP contribution is -2.34. The van der Waals surface area contributed by atoms with E-state index in [0.717, 1.165) is 28.9 Å². The van der Waals surface area contributed by atoms with Crippen molar-refractivity contribution in [3.63, 3.8) is 0 Å². The molecule has 0 bridgehead atoms. The van der Waals surface area contributed by atoms with E-state index in [9.17, 15) is 4.79 Å². The van der Waals surface area contributed by atoms with Crippen LogP contribution in [-0.2, 0) is 17.8 Å². The van der Waals surface area contributed by atoms with Crippen LogP contribution in [0.5, 0.6) is 11.5 Å². The summed E-state index contributed by atoms with van der Waals surface area (Å²) >= 11 is 0. The van der Waals surface area contributed by atoms with Crippen LogP contribution in [-0.4, -0.2) is 51.2 Å². The second-order valence-corrected chi connectivity index (χ2v) is 7.70. The first-order valence-corrected chi connectivity index (χ1v) is 10.6. The molecule has 33 heavy (non-hydrogen) atoms. The molecule has 8 heteroatoms. The molecule has 0 fully saturated rings. The van der Waals surface area contributed by atoms with Crippen LogP contribution >= 0.6 is 0 Å². The van der Waals surface area contributed by atoms with Gasteiger partial charge in [-0.2, -0.15) is 5.10 Å². The molecule has 0 atom stereocenters. The number of pyridine rings is 1. The largest absolute Gasteiger partial charge is 0.493 e. The number of amides is 1. The van der Waals surface area contributed by atoms with Crippen molar-refractivity contribution in [1.82, 2.24) is 24.5 Å². The molecule has 1 aliphatic heterocycles. The van der Waals surface area contributed by atoms with Gasteiger partial charge in [0.2, 0.25) is 5.91 Å². The Bertz CT molecular complexity index is 1350. The van der Waals surface area contributed by atoms with Crippen LogP contribution in [0.4, 0.5) is 0 Å². The quantitative estimate of drug-likeness (QED) is 0.442. The molecule has 4 aromatic rings. The van der Waals surface area contributed by atoms with Crippen molar-refractivity contribution in [3.05, 3.63) is 77.9 Å².